The van der Waals surface area contributed by atoms with E-state index in [1.54, 1.807) is 26.2 Å². The van der Waals surface area contributed by atoms with Crippen molar-refractivity contribution in [2.45, 2.75) is 50.8 Å². The molecular weight excluding hydrogens is 448 g/mol. The van der Waals surface area contributed by atoms with Crippen molar-refractivity contribution in [3.8, 4) is 17.2 Å². The van der Waals surface area contributed by atoms with Gasteiger partial charge in [-0.3, -0.25) is 9.69 Å². The van der Waals surface area contributed by atoms with Gasteiger partial charge in [-0.1, -0.05) is 30.3 Å². The Hall–Kier alpha value is -3.42. The van der Waals surface area contributed by atoms with Crippen molar-refractivity contribution in [3.63, 3.8) is 0 Å². The number of methoxy groups -OCH3 is 3. The highest BCUT2D eigenvalue weighted by Gasteiger charge is 2.40. The largest absolute Gasteiger partial charge is 0.493 e. The summed E-state index contributed by atoms with van der Waals surface area (Å²) in [6.45, 7) is 1.43. The van der Waals surface area contributed by atoms with Crippen molar-refractivity contribution >= 4 is 12.0 Å². The Bertz CT molecular complexity index is 1000. The van der Waals surface area contributed by atoms with Crippen molar-refractivity contribution in [3.05, 3.63) is 53.6 Å². The first-order valence-corrected chi connectivity index (χ1v) is 12.1. The van der Waals surface area contributed by atoms with Crippen molar-refractivity contribution < 1.29 is 28.5 Å². The zero-order chi connectivity index (χ0) is 24.8. The number of amides is 2. The summed E-state index contributed by atoms with van der Waals surface area (Å²) in [6, 6.07) is 13.0. The van der Waals surface area contributed by atoms with E-state index >= 15 is 0 Å². The number of hydrogen-bond acceptors (Lipinski definition) is 6. The molecule has 0 aliphatic carbocycles. The Morgan fingerprint density at radius 2 is 1.51 bits per heavy atom. The van der Waals surface area contributed by atoms with Crippen LogP contribution in [-0.4, -0.2) is 68.3 Å². The van der Waals surface area contributed by atoms with Crippen LogP contribution in [0.2, 0.25) is 0 Å². The molecule has 8 heteroatoms. The molecule has 2 aromatic rings. The van der Waals surface area contributed by atoms with E-state index < -0.39 is 12.1 Å². The second-order valence-corrected chi connectivity index (χ2v) is 8.96. The van der Waals surface area contributed by atoms with Gasteiger partial charge in [0.1, 0.15) is 12.6 Å². The molecule has 0 spiro atoms. The molecular formula is C27H34N2O6. The van der Waals surface area contributed by atoms with Crippen LogP contribution in [0, 0.1) is 0 Å². The predicted octanol–water partition coefficient (Wildman–Crippen LogP) is 4.05. The lowest BCUT2D eigenvalue weighted by atomic mass is 10.0. The van der Waals surface area contributed by atoms with Crippen LogP contribution < -0.4 is 14.2 Å². The maximum Gasteiger partial charge on any atom is 0.410 e. The molecule has 2 atom stereocenters. The molecule has 2 amide bonds. The van der Waals surface area contributed by atoms with Gasteiger partial charge >= 0.3 is 6.09 Å². The van der Waals surface area contributed by atoms with Crippen molar-refractivity contribution in [1.82, 2.24) is 9.80 Å². The molecule has 2 fully saturated rings. The minimum absolute atomic E-state index is 0.00843. The minimum Gasteiger partial charge on any atom is -0.493 e. The van der Waals surface area contributed by atoms with Crippen LogP contribution in [0.1, 0.15) is 36.8 Å². The normalized spacial score (nSPS) is 19.5. The number of likely N-dealkylation sites (tertiary alicyclic amines) is 2. The van der Waals surface area contributed by atoms with E-state index in [0.717, 1.165) is 30.4 Å². The molecule has 0 N–H and O–H groups in total. The minimum atomic E-state index is -0.473. The van der Waals surface area contributed by atoms with Gasteiger partial charge in [-0.05, 0) is 55.4 Å². The lowest BCUT2D eigenvalue weighted by Crippen LogP contribution is -2.49. The number of ether oxygens (including phenoxy) is 4. The van der Waals surface area contributed by atoms with Crippen molar-refractivity contribution in [1.29, 1.82) is 0 Å². The van der Waals surface area contributed by atoms with Gasteiger partial charge in [0.15, 0.2) is 11.5 Å². The average Bonchev–Trinajstić information content (AvgIpc) is 3.57. The molecule has 2 unspecified atom stereocenters. The first kappa shape index (κ1) is 24.7. The van der Waals surface area contributed by atoms with Crippen LogP contribution in [0.4, 0.5) is 4.79 Å². The van der Waals surface area contributed by atoms with Crippen molar-refractivity contribution in [2.75, 3.05) is 34.4 Å². The van der Waals surface area contributed by atoms with Crippen LogP contribution >= 0.6 is 0 Å². The SMILES string of the molecule is COc1cc(CC2CCCN2C(=O)C2CCCN2C(=O)OCc2ccccc2)cc(OC)c1OC. The predicted molar refractivity (Wildman–Crippen MR) is 131 cm³/mol. The summed E-state index contributed by atoms with van der Waals surface area (Å²) in [7, 11) is 4.77. The second-order valence-electron chi connectivity index (χ2n) is 8.96. The molecule has 2 heterocycles. The fourth-order valence-electron chi connectivity index (χ4n) is 5.10. The molecule has 4 rings (SSSR count). The number of carbonyl (C=O) groups excluding carboxylic acids is 2. The van der Waals surface area contributed by atoms with Gasteiger partial charge in [-0.15, -0.1) is 0 Å². The fraction of sp³-hybridized carbons (Fsp3) is 0.481. The molecule has 8 nitrogen and oxygen atoms in total. The smallest absolute Gasteiger partial charge is 0.410 e. The number of carbonyl (C=O) groups is 2. The summed E-state index contributed by atoms with van der Waals surface area (Å²) in [4.78, 5) is 29.9. The Morgan fingerprint density at radius 3 is 2.17 bits per heavy atom. The zero-order valence-electron chi connectivity index (χ0n) is 20.7. The van der Waals surface area contributed by atoms with Gasteiger partial charge in [-0.2, -0.15) is 0 Å². The lowest BCUT2D eigenvalue weighted by Gasteiger charge is -2.31. The molecule has 0 saturated carbocycles. The van der Waals surface area contributed by atoms with Gasteiger partial charge in [0, 0.05) is 19.1 Å². The number of benzene rings is 2. The van der Waals surface area contributed by atoms with E-state index in [-0.39, 0.29) is 18.6 Å². The van der Waals surface area contributed by atoms with Crippen LogP contribution in [0.25, 0.3) is 0 Å². The quantitative estimate of drug-likeness (QED) is 0.565. The topological polar surface area (TPSA) is 77.5 Å². The van der Waals surface area contributed by atoms with Gasteiger partial charge in [0.2, 0.25) is 11.7 Å². The van der Waals surface area contributed by atoms with Gasteiger partial charge < -0.3 is 23.8 Å². The van der Waals surface area contributed by atoms with E-state index in [2.05, 4.69) is 0 Å². The van der Waals surface area contributed by atoms with Crippen LogP contribution in [0.3, 0.4) is 0 Å². The molecule has 188 valence electrons. The van der Waals surface area contributed by atoms with E-state index in [0.29, 0.717) is 43.2 Å². The molecule has 0 aromatic heterocycles. The van der Waals surface area contributed by atoms with Crippen LogP contribution in [0.5, 0.6) is 17.2 Å². The van der Waals surface area contributed by atoms with Crippen LogP contribution in [0.15, 0.2) is 42.5 Å². The maximum atomic E-state index is 13.6. The molecule has 0 radical (unpaired) electrons. The highest BCUT2D eigenvalue weighted by Crippen LogP contribution is 2.39. The summed E-state index contributed by atoms with van der Waals surface area (Å²) in [6.07, 6.45) is 3.55. The summed E-state index contributed by atoms with van der Waals surface area (Å²) < 4.78 is 21.9. The Kier molecular flexibility index (Phi) is 8.00. The first-order valence-electron chi connectivity index (χ1n) is 12.1. The Labute approximate surface area is 206 Å². The number of rotatable bonds is 8. The lowest BCUT2D eigenvalue weighted by molar-refractivity contribution is -0.136. The summed E-state index contributed by atoms with van der Waals surface area (Å²) in [5.74, 6) is 1.75. The van der Waals surface area contributed by atoms with Gasteiger partial charge in [-0.25, -0.2) is 4.79 Å². The third kappa shape index (κ3) is 5.47. The van der Waals surface area contributed by atoms with E-state index in [4.69, 9.17) is 18.9 Å². The first-order chi connectivity index (χ1) is 17.0. The Balaban J connectivity index is 1.43. The average molecular weight is 483 g/mol. The van der Waals surface area contributed by atoms with Gasteiger partial charge in [0.05, 0.1) is 21.3 Å². The maximum absolute atomic E-state index is 13.6. The molecule has 2 saturated heterocycles. The molecule has 35 heavy (non-hydrogen) atoms. The zero-order valence-corrected chi connectivity index (χ0v) is 20.7. The Morgan fingerprint density at radius 1 is 0.857 bits per heavy atom. The van der Waals surface area contributed by atoms with Gasteiger partial charge in [0.25, 0.3) is 0 Å². The molecule has 2 aliphatic heterocycles. The van der Waals surface area contributed by atoms with E-state index in [9.17, 15) is 9.59 Å². The summed E-state index contributed by atoms with van der Waals surface area (Å²) in [5.41, 5.74) is 1.93. The molecule has 2 aliphatic rings. The van der Waals surface area contributed by atoms with E-state index in [1.807, 2.05) is 47.4 Å². The third-order valence-corrected chi connectivity index (χ3v) is 6.83. The standard InChI is InChI=1S/C27H34N2O6/c1-32-23-16-20(17-24(33-2)25(23)34-3)15-21-11-7-13-28(21)26(30)22-12-8-14-29(22)27(31)35-18-19-9-5-4-6-10-19/h4-6,9-10,16-17,21-22H,7-8,11-15,18H2,1-3H3. The molecule has 2 aromatic carbocycles. The van der Waals surface area contributed by atoms with E-state index in [1.165, 1.54) is 0 Å². The molecule has 0 bridgehead atoms. The summed E-state index contributed by atoms with van der Waals surface area (Å²) in [5, 5.41) is 0. The second kappa shape index (κ2) is 11.3. The monoisotopic (exact) mass is 482 g/mol. The number of hydrogen-bond donors (Lipinski definition) is 0. The highest BCUT2D eigenvalue weighted by atomic mass is 16.6. The number of nitrogens with zero attached hydrogens (tertiary/aromatic N) is 2. The van der Waals surface area contributed by atoms with Crippen molar-refractivity contribution in [2.24, 2.45) is 0 Å². The van der Waals surface area contributed by atoms with Crippen LogP contribution in [-0.2, 0) is 22.6 Å². The fourth-order valence-corrected chi connectivity index (χ4v) is 5.10. The summed E-state index contributed by atoms with van der Waals surface area (Å²) >= 11 is 0. The highest BCUT2D eigenvalue weighted by molar-refractivity contribution is 5.86. The third-order valence-electron chi connectivity index (χ3n) is 6.83.